The van der Waals surface area contributed by atoms with Gasteiger partial charge in [-0.2, -0.15) is 0 Å². The van der Waals surface area contributed by atoms with Crippen LogP contribution in [0.25, 0.3) is 0 Å². The van der Waals surface area contributed by atoms with E-state index in [0.29, 0.717) is 25.3 Å². The minimum atomic E-state index is -4.20. The monoisotopic (exact) mass is 534 g/mol. The van der Waals surface area contributed by atoms with Gasteiger partial charge >= 0.3 is 6.09 Å². The first kappa shape index (κ1) is 29.7. The fourth-order valence-corrected chi connectivity index (χ4v) is 4.15. The molecule has 0 bridgehead atoms. The van der Waals surface area contributed by atoms with Gasteiger partial charge in [0, 0.05) is 44.6 Å². The maximum absolute atomic E-state index is 12.9. The molecule has 1 aromatic heterocycles. The summed E-state index contributed by atoms with van der Waals surface area (Å²) in [6, 6.07) is 8.00. The van der Waals surface area contributed by atoms with Gasteiger partial charge in [0.15, 0.2) is 0 Å². The van der Waals surface area contributed by atoms with Crippen molar-refractivity contribution < 1.29 is 32.3 Å². The molecule has 12 heteroatoms. The molecule has 3 amide bonds. The lowest BCUT2D eigenvalue weighted by molar-refractivity contribution is 0.0750. The van der Waals surface area contributed by atoms with Crippen molar-refractivity contribution in [3.63, 3.8) is 0 Å². The number of ether oxygens (including phenoxy) is 2. The van der Waals surface area contributed by atoms with Gasteiger partial charge in [-0.1, -0.05) is 26.7 Å². The second-order valence-corrected chi connectivity index (χ2v) is 9.83. The molecule has 0 aliphatic rings. The van der Waals surface area contributed by atoms with Gasteiger partial charge in [0.1, 0.15) is 0 Å². The third-order valence-corrected chi connectivity index (χ3v) is 6.61. The third kappa shape index (κ3) is 9.47. The van der Waals surface area contributed by atoms with Crippen molar-refractivity contribution >= 4 is 27.9 Å². The number of hydrogen-bond donors (Lipinski definition) is 2. The predicted octanol–water partition coefficient (Wildman–Crippen LogP) is 2.98. The number of aromatic nitrogens is 1. The largest absolute Gasteiger partial charge is 0.414 e. The number of pyridine rings is 1. The molecule has 0 saturated heterocycles. The van der Waals surface area contributed by atoms with Crippen LogP contribution < -0.4 is 14.8 Å². The predicted molar refractivity (Wildman–Crippen MR) is 137 cm³/mol. The Morgan fingerprint density at radius 3 is 2.11 bits per heavy atom. The van der Waals surface area contributed by atoms with E-state index in [9.17, 15) is 22.8 Å². The Hall–Kier alpha value is -3.51. The summed E-state index contributed by atoms with van der Waals surface area (Å²) in [5.74, 6) is -1.13. The van der Waals surface area contributed by atoms with Gasteiger partial charge in [0.25, 0.3) is 21.8 Å². The lowest BCUT2D eigenvalue weighted by Gasteiger charge is -2.22. The molecular formula is C25H34N4O7S. The van der Waals surface area contributed by atoms with Gasteiger partial charge in [0.05, 0.1) is 17.1 Å². The number of carbonyl (C=O) groups is 3. The Kier molecular flexibility index (Phi) is 12.0. The average Bonchev–Trinajstić information content (AvgIpc) is 2.89. The molecule has 0 atom stereocenters. The summed E-state index contributed by atoms with van der Waals surface area (Å²) in [5, 5.41) is 2.44. The molecule has 202 valence electrons. The molecule has 0 spiro atoms. The summed E-state index contributed by atoms with van der Waals surface area (Å²) < 4.78 is 37.2. The summed E-state index contributed by atoms with van der Waals surface area (Å²) in [6.45, 7) is 5.95. The van der Waals surface area contributed by atoms with Crippen LogP contribution in [0.2, 0.25) is 0 Å². The highest BCUT2D eigenvalue weighted by Crippen LogP contribution is 2.15. The lowest BCUT2D eigenvalue weighted by Crippen LogP contribution is -2.33. The smallest absolute Gasteiger partial charge is 0.391 e. The van der Waals surface area contributed by atoms with Crippen LogP contribution in [0, 0.1) is 0 Å². The number of rotatable bonds is 14. The zero-order chi connectivity index (χ0) is 27.3. The molecule has 11 nitrogen and oxygen atoms in total. The molecule has 0 fully saturated rings. The van der Waals surface area contributed by atoms with E-state index in [0.717, 1.165) is 31.9 Å². The zero-order valence-corrected chi connectivity index (χ0v) is 22.2. The van der Waals surface area contributed by atoms with Crippen molar-refractivity contribution in [2.45, 2.75) is 44.4 Å². The van der Waals surface area contributed by atoms with E-state index in [2.05, 4.69) is 24.1 Å². The lowest BCUT2D eigenvalue weighted by atomic mass is 10.1. The number of unbranched alkanes of at least 4 members (excludes halogenated alkanes) is 2. The first-order valence-corrected chi connectivity index (χ1v) is 13.6. The van der Waals surface area contributed by atoms with Crippen molar-refractivity contribution in [2.24, 2.45) is 0 Å². The second-order valence-electron chi connectivity index (χ2n) is 8.15. The fourth-order valence-electron chi connectivity index (χ4n) is 3.17. The van der Waals surface area contributed by atoms with Crippen molar-refractivity contribution in [1.29, 1.82) is 0 Å². The summed E-state index contributed by atoms with van der Waals surface area (Å²) in [4.78, 5) is 42.5. The van der Waals surface area contributed by atoms with Gasteiger partial charge in [-0.3, -0.25) is 9.59 Å². The van der Waals surface area contributed by atoms with Crippen LogP contribution in [0.5, 0.6) is 5.88 Å². The molecule has 2 rings (SSSR count). The number of amides is 3. The molecule has 0 aliphatic heterocycles. The van der Waals surface area contributed by atoms with E-state index in [4.69, 9.17) is 9.47 Å². The first-order valence-electron chi connectivity index (χ1n) is 12.1. The fraction of sp³-hybridized carbons (Fsp3) is 0.440. The molecule has 0 radical (unpaired) electrons. The highest BCUT2D eigenvalue weighted by molar-refractivity contribution is 7.90. The van der Waals surface area contributed by atoms with Crippen LogP contribution in [0.1, 0.15) is 60.2 Å². The van der Waals surface area contributed by atoms with Crippen LogP contribution in [0.4, 0.5) is 4.79 Å². The third-order valence-electron chi connectivity index (χ3n) is 5.26. The van der Waals surface area contributed by atoms with Crippen molar-refractivity contribution in [3.8, 4) is 5.88 Å². The highest BCUT2D eigenvalue weighted by Gasteiger charge is 2.21. The number of benzene rings is 1. The van der Waals surface area contributed by atoms with Crippen molar-refractivity contribution in [3.05, 3.63) is 53.7 Å². The molecule has 1 heterocycles. The Bertz CT molecular complexity index is 1130. The van der Waals surface area contributed by atoms with Crippen LogP contribution >= 0.6 is 0 Å². The van der Waals surface area contributed by atoms with E-state index in [1.807, 2.05) is 4.72 Å². The topological polar surface area (TPSA) is 144 Å². The van der Waals surface area contributed by atoms with Gasteiger partial charge in [-0.15, -0.1) is 0 Å². The molecule has 0 saturated carbocycles. The SMILES string of the molecule is CCCCN(CCCC)C(=O)c1ccc(S(=O)(=O)NC(=O)c2ccc(OC(=O)NCCOC)nc2)cc1. The minimum Gasteiger partial charge on any atom is -0.391 e. The Morgan fingerprint density at radius 2 is 1.57 bits per heavy atom. The normalized spacial score (nSPS) is 11.0. The highest BCUT2D eigenvalue weighted by atomic mass is 32.2. The Labute approximate surface area is 217 Å². The summed E-state index contributed by atoms with van der Waals surface area (Å²) in [6.07, 6.45) is 4.04. The molecule has 0 aliphatic carbocycles. The number of sulfonamides is 1. The molecular weight excluding hydrogens is 500 g/mol. The van der Waals surface area contributed by atoms with Gasteiger partial charge in [-0.05, 0) is 43.2 Å². The van der Waals surface area contributed by atoms with Crippen LogP contribution in [-0.2, 0) is 14.8 Å². The number of nitrogens with zero attached hydrogens (tertiary/aromatic N) is 2. The van der Waals surface area contributed by atoms with Gasteiger partial charge in [-0.25, -0.2) is 22.9 Å². The van der Waals surface area contributed by atoms with E-state index < -0.39 is 22.0 Å². The van der Waals surface area contributed by atoms with E-state index in [1.165, 1.54) is 43.5 Å². The molecule has 1 aromatic carbocycles. The van der Waals surface area contributed by atoms with E-state index >= 15 is 0 Å². The second kappa shape index (κ2) is 14.9. The zero-order valence-electron chi connectivity index (χ0n) is 21.4. The average molecular weight is 535 g/mol. The van der Waals surface area contributed by atoms with Crippen LogP contribution in [0.15, 0.2) is 47.5 Å². The maximum Gasteiger partial charge on any atom is 0.414 e. The maximum atomic E-state index is 12.9. The quantitative estimate of drug-likeness (QED) is 0.352. The standard InChI is InChI=1S/C25H34N4O7S/c1-4-6-15-29(16-7-5-2)24(31)19-8-11-21(12-9-19)37(33,34)28-23(30)20-10-13-22(27-18-20)36-25(32)26-14-17-35-3/h8-13,18H,4-7,14-17H2,1-3H3,(H,26,32)(H,28,30). The minimum absolute atomic E-state index is 0.0509. The molecule has 0 unspecified atom stereocenters. The molecule has 2 aromatic rings. The Balaban J connectivity index is 2.02. The van der Waals surface area contributed by atoms with E-state index in [1.54, 1.807) is 4.90 Å². The van der Waals surface area contributed by atoms with Gasteiger partial charge in [0.2, 0.25) is 5.88 Å². The number of hydrogen-bond acceptors (Lipinski definition) is 8. The van der Waals surface area contributed by atoms with E-state index in [-0.39, 0.29) is 28.8 Å². The summed E-state index contributed by atoms with van der Waals surface area (Å²) >= 11 is 0. The number of carbonyl (C=O) groups excluding carboxylic acids is 3. The number of methoxy groups -OCH3 is 1. The van der Waals surface area contributed by atoms with Gasteiger partial charge < -0.3 is 19.7 Å². The summed E-state index contributed by atoms with van der Waals surface area (Å²) in [7, 11) is -2.71. The molecule has 37 heavy (non-hydrogen) atoms. The van der Waals surface area contributed by atoms with Crippen LogP contribution in [0.3, 0.4) is 0 Å². The summed E-state index contributed by atoms with van der Waals surface area (Å²) in [5.41, 5.74) is 0.327. The van der Waals surface area contributed by atoms with Crippen molar-refractivity contribution in [1.82, 2.24) is 19.9 Å². The Morgan fingerprint density at radius 1 is 0.946 bits per heavy atom. The first-order chi connectivity index (χ1) is 17.7. The van der Waals surface area contributed by atoms with Crippen molar-refractivity contribution in [2.75, 3.05) is 33.4 Å². The molecule has 2 N–H and O–H groups in total. The number of nitrogens with one attached hydrogen (secondary N) is 2. The van der Waals surface area contributed by atoms with Crippen LogP contribution in [-0.4, -0.2) is 69.6 Å².